The molecule has 5 nitrogen and oxygen atoms in total. The molecular weight excluding hydrogens is 384 g/mol. The number of alkyl halides is 2. The van der Waals surface area contributed by atoms with E-state index < -0.39 is 6.61 Å². The van der Waals surface area contributed by atoms with E-state index in [4.69, 9.17) is 0 Å². The molecule has 3 aromatic rings. The maximum Gasteiger partial charge on any atom is 0.387 e. The average molecular weight is 401 g/mol. The highest BCUT2D eigenvalue weighted by Gasteiger charge is 2.28. The molecule has 1 N–H and O–H groups in total. The molecule has 0 aliphatic carbocycles. The number of fused-ring (bicyclic) bond motifs is 1. The number of carbonyl (C=O) groups excluding carboxylic acids is 1. The number of hydrogen-bond donors (Lipinski definition) is 1. The fourth-order valence-corrected chi connectivity index (χ4v) is 4.23. The molecular formula is C20H17F2N3O2S. The van der Waals surface area contributed by atoms with Gasteiger partial charge >= 0.3 is 6.61 Å². The fraction of sp³-hybridized carbons (Fsp3) is 0.200. The van der Waals surface area contributed by atoms with Crippen molar-refractivity contribution in [3.05, 3.63) is 77.5 Å². The lowest BCUT2D eigenvalue weighted by atomic mass is 10.1. The van der Waals surface area contributed by atoms with Gasteiger partial charge in [0.05, 0.1) is 23.7 Å². The quantitative estimate of drug-likeness (QED) is 0.692. The Balaban J connectivity index is 1.69. The molecule has 0 bridgehead atoms. The largest absolute Gasteiger partial charge is 0.435 e. The minimum Gasteiger partial charge on any atom is -0.435 e. The van der Waals surface area contributed by atoms with E-state index in [1.165, 1.54) is 17.8 Å². The molecule has 28 heavy (non-hydrogen) atoms. The van der Waals surface area contributed by atoms with E-state index in [1.54, 1.807) is 23.0 Å². The van der Waals surface area contributed by atoms with Gasteiger partial charge in [0.25, 0.3) is 0 Å². The van der Waals surface area contributed by atoms with E-state index in [0.29, 0.717) is 12.4 Å². The number of anilines is 1. The van der Waals surface area contributed by atoms with Gasteiger partial charge in [-0.15, -0.1) is 11.8 Å². The molecule has 0 fully saturated rings. The lowest BCUT2D eigenvalue weighted by Gasteiger charge is -2.15. The molecule has 1 aromatic heterocycles. The van der Waals surface area contributed by atoms with Gasteiger partial charge in [0.1, 0.15) is 11.6 Å². The Morgan fingerprint density at radius 1 is 1.21 bits per heavy atom. The molecule has 1 atom stereocenters. The molecule has 1 amide bonds. The Kier molecular flexibility index (Phi) is 5.29. The number of hydrogen-bond acceptors (Lipinski definition) is 4. The standard InChI is InChI=1S/C20H17F2N3O2S/c21-20(22)27-15-8-4-7-14(9-15)18-16-10-23-25(11-13-5-2-1-3-6-13)19(16)24-17(26)12-28-18/h1-10,18,20H,11-12H2,(H,24,26)/t18-/m1/s1. The summed E-state index contributed by atoms with van der Waals surface area (Å²) in [5.74, 6) is 0.854. The molecule has 1 aliphatic heterocycles. The molecule has 0 saturated carbocycles. The van der Waals surface area contributed by atoms with Gasteiger partial charge in [-0.25, -0.2) is 4.68 Å². The third kappa shape index (κ3) is 4.01. The van der Waals surface area contributed by atoms with Crippen molar-refractivity contribution in [3.8, 4) is 5.75 Å². The van der Waals surface area contributed by atoms with E-state index >= 15 is 0 Å². The Hall–Kier alpha value is -2.87. The highest BCUT2D eigenvalue weighted by Crippen LogP contribution is 2.42. The third-order valence-corrected chi connectivity index (χ3v) is 5.64. The zero-order valence-electron chi connectivity index (χ0n) is 14.7. The zero-order chi connectivity index (χ0) is 19.5. The molecule has 144 valence electrons. The summed E-state index contributed by atoms with van der Waals surface area (Å²) in [6.45, 7) is -2.37. The van der Waals surface area contributed by atoms with E-state index in [1.807, 2.05) is 36.4 Å². The van der Waals surface area contributed by atoms with Crippen LogP contribution in [-0.2, 0) is 11.3 Å². The van der Waals surface area contributed by atoms with E-state index in [2.05, 4.69) is 15.2 Å². The van der Waals surface area contributed by atoms with Crippen LogP contribution < -0.4 is 10.1 Å². The van der Waals surface area contributed by atoms with E-state index in [0.717, 1.165) is 16.7 Å². The van der Waals surface area contributed by atoms with Crippen LogP contribution in [0.1, 0.15) is 21.9 Å². The fourth-order valence-electron chi connectivity index (χ4n) is 3.15. The molecule has 0 unspecified atom stereocenters. The van der Waals surface area contributed by atoms with Crippen LogP contribution in [0, 0.1) is 0 Å². The normalized spacial score (nSPS) is 16.4. The second-order valence-corrected chi connectivity index (χ2v) is 7.38. The maximum atomic E-state index is 12.6. The van der Waals surface area contributed by atoms with Gasteiger partial charge in [0.2, 0.25) is 5.91 Å². The Bertz CT molecular complexity index is 979. The van der Waals surface area contributed by atoms with Gasteiger partial charge in [-0.1, -0.05) is 42.5 Å². The molecule has 0 spiro atoms. The Morgan fingerprint density at radius 2 is 2.04 bits per heavy atom. The first-order chi connectivity index (χ1) is 13.6. The second-order valence-electron chi connectivity index (χ2n) is 6.28. The lowest BCUT2D eigenvalue weighted by molar-refractivity contribution is -0.113. The van der Waals surface area contributed by atoms with Crippen molar-refractivity contribution in [2.24, 2.45) is 0 Å². The van der Waals surface area contributed by atoms with Gasteiger partial charge < -0.3 is 10.1 Å². The van der Waals surface area contributed by atoms with Crippen molar-refractivity contribution < 1.29 is 18.3 Å². The minimum absolute atomic E-state index is 0.0925. The van der Waals surface area contributed by atoms with Crippen LogP contribution in [-0.4, -0.2) is 28.1 Å². The van der Waals surface area contributed by atoms with Gasteiger partial charge in [-0.2, -0.15) is 13.9 Å². The summed E-state index contributed by atoms with van der Waals surface area (Å²) in [7, 11) is 0. The predicted molar refractivity (Wildman–Crippen MR) is 104 cm³/mol. The first-order valence-electron chi connectivity index (χ1n) is 8.66. The van der Waals surface area contributed by atoms with Gasteiger partial charge in [0, 0.05) is 5.56 Å². The van der Waals surface area contributed by atoms with Crippen LogP contribution in [0.25, 0.3) is 0 Å². The number of nitrogens with zero attached hydrogens (tertiary/aromatic N) is 2. The number of amides is 1. The van der Waals surface area contributed by atoms with Crippen LogP contribution >= 0.6 is 11.8 Å². The molecule has 4 rings (SSSR count). The number of thioether (sulfide) groups is 1. The molecule has 8 heteroatoms. The average Bonchev–Trinajstić information content (AvgIpc) is 2.96. The summed E-state index contributed by atoms with van der Waals surface area (Å²) in [5.41, 5.74) is 2.67. The van der Waals surface area contributed by atoms with Gasteiger partial charge in [0.15, 0.2) is 0 Å². The van der Waals surface area contributed by atoms with Crippen LogP contribution in [0.3, 0.4) is 0 Å². The zero-order valence-corrected chi connectivity index (χ0v) is 15.5. The van der Waals surface area contributed by atoms with E-state index in [9.17, 15) is 13.6 Å². The first kappa shape index (κ1) is 18.5. The molecule has 2 heterocycles. The van der Waals surface area contributed by atoms with Gasteiger partial charge in [-0.05, 0) is 23.3 Å². The van der Waals surface area contributed by atoms with Crippen molar-refractivity contribution in [3.63, 3.8) is 0 Å². The highest BCUT2D eigenvalue weighted by atomic mass is 32.2. The van der Waals surface area contributed by atoms with Crippen LogP contribution in [0.15, 0.2) is 60.8 Å². The number of benzene rings is 2. The summed E-state index contributed by atoms with van der Waals surface area (Å²) in [6, 6.07) is 16.4. The molecule has 1 aliphatic rings. The molecule has 0 radical (unpaired) electrons. The minimum atomic E-state index is -2.88. The number of rotatable bonds is 5. The SMILES string of the molecule is O=C1CS[C@H](c2cccc(OC(F)F)c2)c2cnn(Cc3ccccc3)c2N1. The predicted octanol–water partition coefficient (Wildman–Crippen LogP) is 4.31. The monoisotopic (exact) mass is 401 g/mol. The Labute approximate surface area is 164 Å². The first-order valence-corrected chi connectivity index (χ1v) is 9.71. The summed E-state index contributed by atoms with van der Waals surface area (Å²) in [5, 5.41) is 7.16. The highest BCUT2D eigenvalue weighted by molar-refractivity contribution is 8.00. The van der Waals surface area contributed by atoms with Gasteiger partial charge in [-0.3, -0.25) is 4.79 Å². The number of nitrogens with one attached hydrogen (secondary N) is 1. The van der Waals surface area contributed by atoms with Crippen molar-refractivity contribution in [1.82, 2.24) is 9.78 Å². The lowest BCUT2D eigenvalue weighted by Crippen LogP contribution is -2.16. The van der Waals surface area contributed by atoms with Crippen molar-refractivity contribution >= 4 is 23.5 Å². The summed E-state index contributed by atoms with van der Waals surface area (Å²) < 4.78 is 31.4. The van der Waals surface area contributed by atoms with Crippen LogP contribution in [0.2, 0.25) is 0 Å². The Morgan fingerprint density at radius 3 is 2.82 bits per heavy atom. The number of aromatic nitrogens is 2. The number of carbonyl (C=O) groups is 1. The summed E-state index contributed by atoms with van der Waals surface area (Å²) in [6.07, 6.45) is 1.72. The second kappa shape index (κ2) is 8.02. The maximum absolute atomic E-state index is 12.6. The topological polar surface area (TPSA) is 56.1 Å². The summed E-state index contributed by atoms with van der Waals surface area (Å²) in [4.78, 5) is 12.2. The molecule has 0 saturated heterocycles. The van der Waals surface area contributed by atoms with Crippen molar-refractivity contribution in [1.29, 1.82) is 0 Å². The third-order valence-electron chi connectivity index (χ3n) is 4.35. The van der Waals surface area contributed by atoms with Crippen molar-refractivity contribution in [2.45, 2.75) is 18.4 Å². The number of halogens is 2. The van der Waals surface area contributed by atoms with Crippen molar-refractivity contribution in [2.75, 3.05) is 11.1 Å². The molecule has 2 aromatic carbocycles. The van der Waals surface area contributed by atoms with Crippen LogP contribution in [0.4, 0.5) is 14.6 Å². The number of ether oxygens (including phenoxy) is 1. The summed E-state index contributed by atoms with van der Waals surface area (Å²) >= 11 is 1.43. The van der Waals surface area contributed by atoms with E-state index in [-0.39, 0.29) is 22.7 Å². The van der Waals surface area contributed by atoms with Crippen LogP contribution in [0.5, 0.6) is 5.75 Å². The smallest absolute Gasteiger partial charge is 0.387 e.